The van der Waals surface area contributed by atoms with Gasteiger partial charge < -0.3 is 10.1 Å². The van der Waals surface area contributed by atoms with Crippen molar-refractivity contribution in [1.29, 1.82) is 0 Å². The Bertz CT molecular complexity index is 1220. The van der Waals surface area contributed by atoms with E-state index in [2.05, 4.69) is 10.3 Å². The van der Waals surface area contributed by atoms with Crippen LogP contribution in [0, 0.1) is 0 Å². The summed E-state index contributed by atoms with van der Waals surface area (Å²) in [5.41, 5.74) is 1.62. The number of ether oxygens (including phenoxy) is 1. The Balaban J connectivity index is 1.58. The first-order valence-electron chi connectivity index (χ1n) is 10.3. The number of hydrogen-bond donors (Lipinski definition) is 1. The zero-order chi connectivity index (χ0) is 23.5. The second-order valence-corrected chi connectivity index (χ2v) is 9.25. The molecule has 0 bridgehead atoms. The van der Waals surface area contributed by atoms with Crippen LogP contribution in [0.5, 0.6) is 0 Å². The first kappa shape index (κ1) is 22.9. The predicted octanol–water partition coefficient (Wildman–Crippen LogP) is 3.83. The van der Waals surface area contributed by atoms with Crippen molar-refractivity contribution in [3.63, 3.8) is 0 Å². The van der Waals surface area contributed by atoms with Crippen LogP contribution in [0.2, 0.25) is 0 Å². The summed E-state index contributed by atoms with van der Waals surface area (Å²) in [6, 6.07) is 10.6. The normalized spacial score (nSPS) is 13.8. The molecule has 1 unspecified atom stereocenters. The van der Waals surface area contributed by atoms with Gasteiger partial charge in [0.1, 0.15) is 6.04 Å². The van der Waals surface area contributed by atoms with E-state index in [1.165, 1.54) is 23.1 Å². The molecule has 2 heterocycles. The Hall–Kier alpha value is -3.24. The number of amides is 3. The molecule has 2 aromatic carbocycles. The summed E-state index contributed by atoms with van der Waals surface area (Å²) >= 11 is 2.73. The quantitative estimate of drug-likeness (QED) is 0.383. The Kier molecular flexibility index (Phi) is 6.75. The second-order valence-electron chi connectivity index (χ2n) is 7.23. The summed E-state index contributed by atoms with van der Waals surface area (Å²) < 4.78 is 5.73. The highest BCUT2D eigenvalue weighted by Crippen LogP contribution is 2.30. The minimum absolute atomic E-state index is 0.274. The molecule has 1 aromatic heterocycles. The number of nitrogens with one attached hydrogen (secondary N) is 1. The van der Waals surface area contributed by atoms with Gasteiger partial charge in [0, 0.05) is 0 Å². The van der Waals surface area contributed by atoms with Crippen molar-refractivity contribution in [1.82, 2.24) is 9.88 Å². The van der Waals surface area contributed by atoms with Gasteiger partial charge in [0.2, 0.25) is 5.91 Å². The van der Waals surface area contributed by atoms with Gasteiger partial charge in [-0.25, -0.2) is 9.78 Å². The Morgan fingerprint density at radius 3 is 2.48 bits per heavy atom. The molecule has 8 nitrogen and oxygen atoms in total. The zero-order valence-electron chi connectivity index (χ0n) is 18.0. The molecule has 1 aliphatic rings. The minimum Gasteiger partial charge on any atom is -0.462 e. The molecule has 170 valence electrons. The van der Waals surface area contributed by atoms with Gasteiger partial charge >= 0.3 is 5.97 Å². The largest absolute Gasteiger partial charge is 0.462 e. The zero-order valence-corrected chi connectivity index (χ0v) is 19.6. The van der Waals surface area contributed by atoms with Crippen molar-refractivity contribution in [2.45, 2.75) is 19.4 Å². The highest BCUT2D eigenvalue weighted by Gasteiger charge is 2.42. The molecule has 1 aliphatic heterocycles. The molecular formula is C23H21N3O5S2. The van der Waals surface area contributed by atoms with Crippen LogP contribution in [-0.4, -0.2) is 58.2 Å². The standard InChI is InChI=1S/C23H21N3O5S2/c1-3-31-22(30)13-8-9-16-18(12-13)33-23(24-16)25-19(27)17(10-11-32-2)26-20(28)14-6-4-5-7-15(14)21(26)29/h4-9,12,17H,3,10-11H2,1-2H3,(H,24,25,27). The number of benzene rings is 2. The number of carbonyl (C=O) groups is 4. The number of carbonyl (C=O) groups excluding carboxylic acids is 4. The molecule has 0 spiro atoms. The summed E-state index contributed by atoms with van der Waals surface area (Å²) in [7, 11) is 0. The SMILES string of the molecule is CCOC(=O)c1ccc2nc(NC(=O)C(CCSC)N3C(=O)c4ccccc4C3=O)sc2c1. The van der Waals surface area contributed by atoms with Gasteiger partial charge in [0.25, 0.3) is 11.8 Å². The van der Waals surface area contributed by atoms with Crippen LogP contribution in [0.1, 0.15) is 44.4 Å². The number of nitrogens with zero attached hydrogens (tertiary/aromatic N) is 2. The highest BCUT2D eigenvalue weighted by molar-refractivity contribution is 7.98. The Morgan fingerprint density at radius 1 is 1.15 bits per heavy atom. The van der Waals surface area contributed by atoms with Crippen molar-refractivity contribution in [2.75, 3.05) is 23.9 Å². The van der Waals surface area contributed by atoms with E-state index in [1.54, 1.807) is 49.4 Å². The van der Waals surface area contributed by atoms with Gasteiger partial charge in [-0.2, -0.15) is 11.8 Å². The molecule has 1 atom stereocenters. The molecule has 1 N–H and O–H groups in total. The molecule has 4 rings (SSSR count). The lowest BCUT2D eigenvalue weighted by Gasteiger charge is -2.24. The van der Waals surface area contributed by atoms with Crippen molar-refractivity contribution in [2.24, 2.45) is 0 Å². The molecule has 10 heteroatoms. The van der Waals surface area contributed by atoms with E-state index in [0.717, 1.165) is 4.90 Å². The number of anilines is 1. The van der Waals surface area contributed by atoms with Crippen LogP contribution in [0.25, 0.3) is 10.2 Å². The number of imide groups is 1. The van der Waals surface area contributed by atoms with Crippen molar-refractivity contribution in [3.05, 3.63) is 59.2 Å². The van der Waals surface area contributed by atoms with Gasteiger partial charge in [-0.1, -0.05) is 23.5 Å². The van der Waals surface area contributed by atoms with Gasteiger partial charge in [0.05, 0.1) is 33.5 Å². The second kappa shape index (κ2) is 9.72. The average molecular weight is 484 g/mol. The summed E-state index contributed by atoms with van der Waals surface area (Å²) in [6.07, 6.45) is 2.21. The third kappa shape index (κ3) is 4.49. The fourth-order valence-corrected chi connectivity index (χ4v) is 4.97. The molecule has 33 heavy (non-hydrogen) atoms. The monoisotopic (exact) mass is 483 g/mol. The fraction of sp³-hybridized carbons (Fsp3) is 0.261. The molecule has 0 aliphatic carbocycles. The predicted molar refractivity (Wildman–Crippen MR) is 128 cm³/mol. The van der Waals surface area contributed by atoms with E-state index in [0.29, 0.717) is 44.2 Å². The van der Waals surface area contributed by atoms with Crippen LogP contribution >= 0.6 is 23.1 Å². The minimum atomic E-state index is -0.966. The summed E-state index contributed by atoms with van der Waals surface area (Å²) in [6.45, 7) is 2.01. The smallest absolute Gasteiger partial charge is 0.338 e. The van der Waals surface area contributed by atoms with E-state index in [1.807, 2.05) is 6.26 Å². The number of rotatable bonds is 8. The topological polar surface area (TPSA) is 106 Å². The Labute approximate surface area is 198 Å². The molecule has 0 saturated heterocycles. The Morgan fingerprint density at radius 2 is 1.85 bits per heavy atom. The van der Waals surface area contributed by atoms with E-state index in [9.17, 15) is 19.2 Å². The van der Waals surface area contributed by atoms with Crippen LogP contribution in [0.3, 0.4) is 0 Å². The lowest BCUT2D eigenvalue weighted by Crippen LogP contribution is -2.47. The van der Waals surface area contributed by atoms with Gasteiger partial charge in [-0.15, -0.1) is 0 Å². The van der Waals surface area contributed by atoms with Crippen LogP contribution in [0.15, 0.2) is 42.5 Å². The first-order valence-corrected chi connectivity index (χ1v) is 12.5. The van der Waals surface area contributed by atoms with Gasteiger partial charge in [0.15, 0.2) is 5.13 Å². The molecule has 3 aromatic rings. The van der Waals surface area contributed by atoms with Crippen molar-refractivity contribution >= 4 is 62.1 Å². The summed E-state index contributed by atoms with van der Waals surface area (Å²) in [5, 5.41) is 3.08. The maximum absolute atomic E-state index is 13.2. The lowest BCUT2D eigenvalue weighted by molar-refractivity contribution is -0.120. The van der Waals surface area contributed by atoms with Crippen molar-refractivity contribution < 1.29 is 23.9 Å². The molecule has 3 amide bonds. The molecule has 0 fully saturated rings. The number of aromatic nitrogens is 1. The number of fused-ring (bicyclic) bond motifs is 2. The first-order chi connectivity index (χ1) is 15.9. The van der Waals surface area contributed by atoms with E-state index in [-0.39, 0.29) is 6.61 Å². The molecule has 0 saturated carbocycles. The van der Waals surface area contributed by atoms with Crippen LogP contribution in [0.4, 0.5) is 5.13 Å². The lowest BCUT2D eigenvalue weighted by atomic mass is 10.1. The number of hydrogen-bond acceptors (Lipinski definition) is 8. The summed E-state index contributed by atoms with van der Waals surface area (Å²) in [5.74, 6) is -1.27. The molecule has 0 radical (unpaired) electrons. The average Bonchev–Trinajstić information content (AvgIpc) is 3.32. The van der Waals surface area contributed by atoms with Gasteiger partial charge in [-0.05, 0) is 55.7 Å². The van der Waals surface area contributed by atoms with E-state index >= 15 is 0 Å². The van der Waals surface area contributed by atoms with Crippen LogP contribution < -0.4 is 5.32 Å². The van der Waals surface area contributed by atoms with E-state index < -0.39 is 29.7 Å². The number of thioether (sulfide) groups is 1. The third-order valence-electron chi connectivity index (χ3n) is 5.16. The number of esters is 1. The maximum Gasteiger partial charge on any atom is 0.338 e. The van der Waals surface area contributed by atoms with Crippen molar-refractivity contribution in [3.8, 4) is 0 Å². The third-order valence-corrected chi connectivity index (χ3v) is 6.74. The van der Waals surface area contributed by atoms with Crippen LogP contribution in [-0.2, 0) is 9.53 Å². The maximum atomic E-state index is 13.2. The van der Waals surface area contributed by atoms with Gasteiger partial charge in [-0.3, -0.25) is 19.3 Å². The number of thiazole rings is 1. The fourth-order valence-electron chi connectivity index (χ4n) is 3.61. The summed E-state index contributed by atoms with van der Waals surface area (Å²) in [4.78, 5) is 56.5. The highest BCUT2D eigenvalue weighted by atomic mass is 32.2. The van der Waals surface area contributed by atoms with E-state index in [4.69, 9.17) is 4.74 Å². The molecular weight excluding hydrogens is 462 g/mol.